The Morgan fingerprint density at radius 3 is 2.41 bits per heavy atom. The van der Waals surface area contributed by atoms with Crippen molar-refractivity contribution in [2.24, 2.45) is 5.14 Å². The van der Waals surface area contributed by atoms with E-state index in [9.17, 15) is 18.0 Å². The molecule has 1 aromatic carbocycles. The van der Waals surface area contributed by atoms with Gasteiger partial charge in [-0.05, 0) is 6.92 Å². The van der Waals surface area contributed by atoms with Crippen LogP contribution in [0.4, 0.5) is 5.69 Å². The molecule has 9 nitrogen and oxygen atoms in total. The number of rotatable bonds is 3. The molecule has 10 heteroatoms. The lowest BCUT2D eigenvalue weighted by Gasteiger charge is -2.20. The van der Waals surface area contributed by atoms with Gasteiger partial charge in [0, 0.05) is 12.1 Å². The number of ether oxygens (including phenoxy) is 3. The summed E-state index contributed by atoms with van der Waals surface area (Å²) in [7, 11) is -4.15. The number of carbonyl (C=O) groups excluding carboxylic acids is 2. The van der Waals surface area contributed by atoms with Crippen LogP contribution in [0.15, 0.2) is 17.0 Å². The van der Waals surface area contributed by atoms with Crippen LogP contribution in [-0.4, -0.2) is 40.1 Å². The third-order valence-electron chi connectivity index (χ3n) is 2.66. The molecule has 0 spiro atoms. The molecule has 2 rings (SSSR count). The number of fused-ring (bicyclic) bond motifs is 1. The second kappa shape index (κ2) is 6.20. The average molecular weight is 330 g/mol. The number of sulfonamides is 1. The first-order valence-corrected chi connectivity index (χ1v) is 7.82. The number of hydrogen-bond donors (Lipinski definition) is 2. The number of benzene rings is 1. The van der Waals surface area contributed by atoms with Gasteiger partial charge in [0.15, 0.2) is 11.5 Å². The van der Waals surface area contributed by atoms with Gasteiger partial charge in [0.05, 0.1) is 12.3 Å². The van der Waals surface area contributed by atoms with Crippen LogP contribution in [-0.2, 0) is 24.3 Å². The van der Waals surface area contributed by atoms with Crippen LogP contribution in [0.1, 0.15) is 6.92 Å². The van der Waals surface area contributed by atoms with Gasteiger partial charge in [-0.3, -0.25) is 4.79 Å². The number of nitrogens with one attached hydrogen (secondary N) is 1. The zero-order valence-corrected chi connectivity index (χ0v) is 12.4. The minimum Gasteiger partial charge on any atom is -0.486 e. The smallest absolute Gasteiger partial charge is 0.397 e. The Bertz CT molecular complexity index is 714. The van der Waals surface area contributed by atoms with E-state index in [1.54, 1.807) is 0 Å². The summed E-state index contributed by atoms with van der Waals surface area (Å²) >= 11 is 0. The van der Waals surface area contributed by atoms with Gasteiger partial charge in [0.1, 0.15) is 18.1 Å². The number of nitrogens with two attached hydrogens (primary N) is 1. The van der Waals surface area contributed by atoms with Crippen molar-refractivity contribution in [1.29, 1.82) is 0 Å². The molecule has 120 valence electrons. The van der Waals surface area contributed by atoms with Crippen LogP contribution in [0.3, 0.4) is 0 Å². The van der Waals surface area contributed by atoms with Crippen LogP contribution in [0.5, 0.6) is 11.5 Å². The highest BCUT2D eigenvalue weighted by atomic mass is 32.2. The molecule has 0 saturated carbocycles. The van der Waals surface area contributed by atoms with Crippen molar-refractivity contribution in [2.75, 3.05) is 25.1 Å². The standard InChI is InChI=1S/C12H14N2O7S/c1-2-19-12(16)11(15)14-7-5-8-9(21-4-3-20-8)6-10(7)22(13,17)18/h5-6H,2-4H2,1H3,(H,14,15)(H2,13,17,18). The van der Waals surface area contributed by atoms with Crippen molar-refractivity contribution in [3.63, 3.8) is 0 Å². The lowest BCUT2D eigenvalue weighted by Crippen LogP contribution is -2.27. The predicted molar refractivity (Wildman–Crippen MR) is 74.1 cm³/mol. The summed E-state index contributed by atoms with van der Waals surface area (Å²) in [6.07, 6.45) is 0. The fourth-order valence-electron chi connectivity index (χ4n) is 1.77. The van der Waals surface area contributed by atoms with Gasteiger partial charge >= 0.3 is 11.9 Å². The van der Waals surface area contributed by atoms with E-state index < -0.39 is 26.8 Å². The summed E-state index contributed by atoms with van der Waals surface area (Å²) in [5.41, 5.74) is -0.190. The third-order valence-corrected chi connectivity index (χ3v) is 3.61. The second-order valence-corrected chi connectivity index (χ2v) is 5.74. The van der Waals surface area contributed by atoms with Crippen LogP contribution < -0.4 is 19.9 Å². The molecule has 0 radical (unpaired) electrons. The van der Waals surface area contributed by atoms with E-state index in [0.29, 0.717) is 0 Å². The Labute approximate surface area is 126 Å². The van der Waals surface area contributed by atoms with Crippen molar-refractivity contribution in [3.8, 4) is 11.5 Å². The fraction of sp³-hybridized carbons (Fsp3) is 0.333. The van der Waals surface area contributed by atoms with Gasteiger partial charge in [0.25, 0.3) is 0 Å². The van der Waals surface area contributed by atoms with E-state index in [1.165, 1.54) is 13.0 Å². The lowest BCUT2D eigenvalue weighted by atomic mass is 10.2. The van der Waals surface area contributed by atoms with Crippen molar-refractivity contribution in [3.05, 3.63) is 12.1 Å². The fourth-order valence-corrected chi connectivity index (χ4v) is 2.46. The minimum absolute atomic E-state index is 0.00936. The van der Waals surface area contributed by atoms with E-state index in [2.05, 4.69) is 10.1 Å². The zero-order chi connectivity index (χ0) is 16.3. The Morgan fingerprint density at radius 1 is 1.27 bits per heavy atom. The van der Waals surface area contributed by atoms with Gasteiger partial charge in [-0.15, -0.1) is 0 Å². The Balaban J connectivity index is 2.40. The van der Waals surface area contributed by atoms with Crippen molar-refractivity contribution >= 4 is 27.6 Å². The highest BCUT2D eigenvalue weighted by Crippen LogP contribution is 2.37. The summed E-state index contributed by atoms with van der Waals surface area (Å²) in [6, 6.07) is 2.36. The van der Waals surface area contributed by atoms with Crippen LogP contribution in [0.2, 0.25) is 0 Å². The zero-order valence-electron chi connectivity index (χ0n) is 11.6. The number of hydrogen-bond acceptors (Lipinski definition) is 7. The van der Waals surface area contributed by atoms with Gasteiger partial charge in [0.2, 0.25) is 10.0 Å². The Hall–Kier alpha value is -2.33. The molecule has 0 unspecified atom stereocenters. The van der Waals surface area contributed by atoms with Crippen molar-refractivity contribution in [2.45, 2.75) is 11.8 Å². The first-order valence-electron chi connectivity index (χ1n) is 6.27. The molecule has 0 fully saturated rings. The van der Waals surface area contributed by atoms with E-state index in [-0.39, 0.29) is 37.0 Å². The largest absolute Gasteiger partial charge is 0.486 e. The third kappa shape index (κ3) is 3.46. The first-order chi connectivity index (χ1) is 10.3. The molecule has 22 heavy (non-hydrogen) atoms. The highest BCUT2D eigenvalue weighted by Gasteiger charge is 2.24. The molecule has 0 atom stereocenters. The predicted octanol–water partition coefficient (Wildman–Crippen LogP) is -0.393. The van der Waals surface area contributed by atoms with E-state index in [1.807, 2.05) is 0 Å². The lowest BCUT2D eigenvalue weighted by molar-refractivity contribution is -0.152. The topological polar surface area (TPSA) is 134 Å². The number of primary sulfonamides is 1. The second-order valence-electron chi connectivity index (χ2n) is 4.21. The van der Waals surface area contributed by atoms with Gasteiger partial charge in [-0.25, -0.2) is 18.4 Å². The van der Waals surface area contributed by atoms with Crippen LogP contribution in [0.25, 0.3) is 0 Å². The van der Waals surface area contributed by atoms with E-state index in [0.717, 1.165) is 6.07 Å². The van der Waals surface area contributed by atoms with Gasteiger partial charge in [-0.2, -0.15) is 0 Å². The highest BCUT2D eigenvalue weighted by molar-refractivity contribution is 7.89. The summed E-state index contributed by atoms with van der Waals surface area (Å²) in [6.45, 7) is 2.07. The molecule has 3 N–H and O–H groups in total. The molecular weight excluding hydrogens is 316 g/mol. The molecule has 1 aliphatic rings. The van der Waals surface area contributed by atoms with E-state index in [4.69, 9.17) is 14.6 Å². The molecule has 1 heterocycles. The van der Waals surface area contributed by atoms with Crippen LogP contribution >= 0.6 is 0 Å². The quantitative estimate of drug-likeness (QED) is 0.569. The SMILES string of the molecule is CCOC(=O)C(=O)Nc1cc2c(cc1S(N)(=O)=O)OCCO2. The van der Waals surface area contributed by atoms with Gasteiger partial charge < -0.3 is 19.5 Å². The summed E-state index contributed by atoms with van der Waals surface area (Å²) in [5.74, 6) is -1.84. The Kier molecular flexibility index (Phi) is 4.52. The average Bonchev–Trinajstić information content (AvgIpc) is 2.45. The van der Waals surface area contributed by atoms with Crippen molar-refractivity contribution in [1.82, 2.24) is 0 Å². The molecule has 0 bridgehead atoms. The maximum atomic E-state index is 11.7. The molecule has 0 aliphatic carbocycles. The molecule has 1 amide bonds. The number of anilines is 1. The Morgan fingerprint density at radius 2 is 1.86 bits per heavy atom. The summed E-state index contributed by atoms with van der Waals surface area (Å²) < 4.78 is 38.3. The van der Waals surface area contributed by atoms with E-state index >= 15 is 0 Å². The molecule has 1 aliphatic heterocycles. The number of carbonyl (C=O) groups is 2. The monoisotopic (exact) mass is 330 g/mol. The first kappa shape index (κ1) is 16.0. The minimum atomic E-state index is -4.15. The molecular formula is C12H14N2O7S. The molecule has 0 saturated heterocycles. The molecule has 0 aromatic heterocycles. The summed E-state index contributed by atoms with van der Waals surface area (Å²) in [4.78, 5) is 22.6. The maximum absolute atomic E-state index is 11.7. The normalized spacial score (nSPS) is 13.4. The summed E-state index contributed by atoms with van der Waals surface area (Å²) in [5, 5.41) is 7.25. The van der Waals surface area contributed by atoms with Gasteiger partial charge in [-0.1, -0.05) is 0 Å². The van der Waals surface area contributed by atoms with Crippen molar-refractivity contribution < 1.29 is 32.2 Å². The maximum Gasteiger partial charge on any atom is 0.397 e. The number of amides is 1. The molecule has 1 aromatic rings. The number of esters is 1. The van der Waals surface area contributed by atoms with Crippen LogP contribution in [0, 0.1) is 0 Å².